The molecule has 100 valence electrons. The van der Waals surface area contributed by atoms with E-state index in [-0.39, 0.29) is 36.8 Å². The molecule has 1 amide bonds. The van der Waals surface area contributed by atoms with Crippen LogP contribution in [0.25, 0.3) is 0 Å². The molecule has 0 aliphatic heterocycles. The smallest absolute Gasteiger partial charge is 0.242 e. The van der Waals surface area contributed by atoms with Gasteiger partial charge in [-0.25, -0.2) is 4.68 Å². The number of hydrogen-bond donors (Lipinski definition) is 2. The molecule has 5 nitrogen and oxygen atoms in total. The van der Waals surface area contributed by atoms with Gasteiger partial charge in [0.15, 0.2) is 0 Å². The molecule has 1 heterocycles. The van der Waals surface area contributed by atoms with E-state index in [2.05, 4.69) is 10.4 Å². The van der Waals surface area contributed by atoms with Crippen LogP contribution in [-0.2, 0) is 4.79 Å². The predicted octanol–water partition coefficient (Wildman–Crippen LogP) is 1.98. The SMILES string of the molecule is CC[C@H](N)C(=O)Nc1ccnn1C(C)C.Cl.Cl. The van der Waals surface area contributed by atoms with Crippen LogP contribution in [0, 0.1) is 0 Å². The highest BCUT2D eigenvalue weighted by atomic mass is 35.5. The summed E-state index contributed by atoms with van der Waals surface area (Å²) in [5.41, 5.74) is 5.62. The molecule has 0 aromatic carbocycles. The van der Waals surface area contributed by atoms with Gasteiger partial charge in [-0.2, -0.15) is 5.10 Å². The van der Waals surface area contributed by atoms with Crippen molar-refractivity contribution in [3.05, 3.63) is 12.3 Å². The lowest BCUT2D eigenvalue weighted by Crippen LogP contribution is -2.35. The summed E-state index contributed by atoms with van der Waals surface area (Å²) in [4.78, 5) is 11.5. The number of nitrogens with zero attached hydrogens (tertiary/aromatic N) is 2. The maximum Gasteiger partial charge on any atom is 0.242 e. The van der Waals surface area contributed by atoms with Gasteiger partial charge in [-0.15, -0.1) is 24.8 Å². The minimum Gasteiger partial charge on any atom is -0.320 e. The topological polar surface area (TPSA) is 72.9 Å². The van der Waals surface area contributed by atoms with Gasteiger partial charge in [0.1, 0.15) is 5.82 Å². The molecule has 0 aliphatic carbocycles. The molecule has 0 saturated carbocycles. The van der Waals surface area contributed by atoms with Gasteiger partial charge in [0, 0.05) is 12.1 Å². The normalized spacial score (nSPS) is 11.4. The second kappa shape index (κ2) is 8.33. The predicted molar refractivity (Wildman–Crippen MR) is 74.0 cm³/mol. The van der Waals surface area contributed by atoms with Crippen molar-refractivity contribution in [3.63, 3.8) is 0 Å². The largest absolute Gasteiger partial charge is 0.320 e. The van der Waals surface area contributed by atoms with Crippen LogP contribution >= 0.6 is 24.8 Å². The monoisotopic (exact) mass is 282 g/mol. The average Bonchev–Trinajstić information content (AvgIpc) is 2.64. The van der Waals surface area contributed by atoms with Gasteiger partial charge in [-0.1, -0.05) is 6.92 Å². The Labute approximate surface area is 114 Å². The highest BCUT2D eigenvalue weighted by molar-refractivity contribution is 5.93. The molecular weight excluding hydrogens is 263 g/mol. The first-order chi connectivity index (χ1) is 7.06. The fraction of sp³-hybridized carbons (Fsp3) is 0.600. The Hall–Kier alpha value is -0.780. The molecule has 7 heteroatoms. The molecule has 3 N–H and O–H groups in total. The van der Waals surface area contributed by atoms with E-state index in [4.69, 9.17) is 5.73 Å². The third-order valence-corrected chi connectivity index (χ3v) is 2.19. The summed E-state index contributed by atoms with van der Waals surface area (Å²) in [7, 11) is 0. The number of anilines is 1. The van der Waals surface area contributed by atoms with Gasteiger partial charge in [0.05, 0.1) is 12.2 Å². The number of nitrogens with two attached hydrogens (primary N) is 1. The van der Waals surface area contributed by atoms with Gasteiger partial charge in [-0.3, -0.25) is 4.79 Å². The van der Waals surface area contributed by atoms with E-state index in [0.29, 0.717) is 12.2 Å². The summed E-state index contributed by atoms with van der Waals surface area (Å²) in [6.07, 6.45) is 2.29. The van der Waals surface area contributed by atoms with Crippen LogP contribution in [0.5, 0.6) is 0 Å². The molecule has 0 unspecified atom stereocenters. The second-order valence-corrected chi connectivity index (χ2v) is 3.76. The van der Waals surface area contributed by atoms with Crippen molar-refractivity contribution in [3.8, 4) is 0 Å². The van der Waals surface area contributed by atoms with Crippen LogP contribution in [0.15, 0.2) is 12.3 Å². The van der Waals surface area contributed by atoms with Crippen molar-refractivity contribution in [2.75, 3.05) is 5.32 Å². The average molecular weight is 283 g/mol. The molecule has 1 aromatic rings. The molecule has 0 radical (unpaired) electrons. The zero-order valence-electron chi connectivity index (χ0n) is 10.2. The first kappa shape index (κ1) is 18.6. The van der Waals surface area contributed by atoms with Crippen LogP contribution in [0.1, 0.15) is 33.2 Å². The third-order valence-electron chi connectivity index (χ3n) is 2.19. The standard InChI is InChI=1S/C10H18N4O.2ClH/c1-4-8(11)10(15)13-9-5-6-12-14(9)7(2)3;;/h5-8H,4,11H2,1-3H3,(H,13,15);2*1H/t8-;;/m0../s1. The quantitative estimate of drug-likeness (QED) is 0.887. The summed E-state index contributed by atoms with van der Waals surface area (Å²) in [6, 6.07) is 1.52. The molecule has 1 aromatic heterocycles. The number of nitrogens with one attached hydrogen (secondary N) is 1. The van der Waals surface area contributed by atoms with E-state index in [1.165, 1.54) is 0 Å². The number of rotatable bonds is 4. The molecule has 0 bridgehead atoms. The van der Waals surface area contributed by atoms with Gasteiger partial charge in [0.25, 0.3) is 0 Å². The van der Waals surface area contributed by atoms with Crippen molar-refractivity contribution in [1.29, 1.82) is 0 Å². The number of amides is 1. The molecule has 1 atom stereocenters. The van der Waals surface area contributed by atoms with Crippen molar-refractivity contribution < 1.29 is 4.79 Å². The lowest BCUT2D eigenvalue weighted by molar-refractivity contribution is -0.117. The fourth-order valence-corrected chi connectivity index (χ4v) is 1.23. The van der Waals surface area contributed by atoms with Crippen LogP contribution < -0.4 is 11.1 Å². The number of aromatic nitrogens is 2. The maximum atomic E-state index is 11.5. The minimum absolute atomic E-state index is 0. The van der Waals surface area contributed by atoms with Gasteiger partial charge in [0.2, 0.25) is 5.91 Å². The Morgan fingerprint density at radius 2 is 2.12 bits per heavy atom. The molecule has 0 saturated heterocycles. The van der Waals surface area contributed by atoms with E-state index in [1.54, 1.807) is 16.9 Å². The first-order valence-corrected chi connectivity index (χ1v) is 5.16. The van der Waals surface area contributed by atoms with Crippen molar-refractivity contribution in [2.45, 2.75) is 39.3 Å². The van der Waals surface area contributed by atoms with E-state index in [0.717, 1.165) is 0 Å². The number of halogens is 2. The van der Waals surface area contributed by atoms with Crippen LogP contribution in [-0.4, -0.2) is 21.7 Å². The van der Waals surface area contributed by atoms with Crippen LogP contribution in [0.4, 0.5) is 5.82 Å². The molecule has 0 spiro atoms. The number of hydrogen-bond acceptors (Lipinski definition) is 3. The Morgan fingerprint density at radius 1 is 1.53 bits per heavy atom. The van der Waals surface area contributed by atoms with E-state index in [1.807, 2.05) is 20.8 Å². The summed E-state index contributed by atoms with van der Waals surface area (Å²) in [5, 5.41) is 6.87. The van der Waals surface area contributed by atoms with Crippen molar-refractivity contribution in [2.24, 2.45) is 5.73 Å². The number of carbonyl (C=O) groups excluding carboxylic acids is 1. The van der Waals surface area contributed by atoms with Gasteiger partial charge < -0.3 is 11.1 Å². The molecule has 17 heavy (non-hydrogen) atoms. The van der Waals surface area contributed by atoms with Crippen molar-refractivity contribution in [1.82, 2.24) is 9.78 Å². The van der Waals surface area contributed by atoms with Gasteiger partial charge in [-0.05, 0) is 20.3 Å². The van der Waals surface area contributed by atoms with Crippen LogP contribution in [0.2, 0.25) is 0 Å². The van der Waals surface area contributed by atoms with Gasteiger partial charge >= 0.3 is 0 Å². The first-order valence-electron chi connectivity index (χ1n) is 5.16. The summed E-state index contributed by atoms with van der Waals surface area (Å²) >= 11 is 0. The van der Waals surface area contributed by atoms with E-state index < -0.39 is 6.04 Å². The molecular formula is C10H20Cl2N4O. The summed E-state index contributed by atoms with van der Waals surface area (Å²) < 4.78 is 1.75. The zero-order valence-corrected chi connectivity index (χ0v) is 11.8. The molecule has 1 rings (SSSR count). The second-order valence-electron chi connectivity index (χ2n) is 3.76. The Bertz CT molecular complexity index is 341. The van der Waals surface area contributed by atoms with Crippen LogP contribution in [0.3, 0.4) is 0 Å². The minimum atomic E-state index is -0.458. The summed E-state index contributed by atoms with van der Waals surface area (Å²) in [6.45, 7) is 5.88. The number of carbonyl (C=O) groups is 1. The maximum absolute atomic E-state index is 11.5. The van der Waals surface area contributed by atoms with E-state index >= 15 is 0 Å². The Kier molecular flexibility index (Phi) is 9.11. The molecule has 0 aliphatic rings. The van der Waals surface area contributed by atoms with E-state index in [9.17, 15) is 4.79 Å². The third kappa shape index (κ3) is 4.93. The highest BCUT2D eigenvalue weighted by Gasteiger charge is 2.14. The van der Waals surface area contributed by atoms with Crippen molar-refractivity contribution >= 4 is 36.5 Å². The lowest BCUT2D eigenvalue weighted by atomic mass is 10.2. The zero-order chi connectivity index (χ0) is 11.4. The molecule has 0 fully saturated rings. The lowest BCUT2D eigenvalue weighted by Gasteiger charge is -2.13. The Morgan fingerprint density at radius 3 is 2.59 bits per heavy atom. The highest BCUT2D eigenvalue weighted by Crippen LogP contribution is 2.13. The summed E-state index contributed by atoms with van der Waals surface area (Å²) in [5.74, 6) is 0.527. The Balaban J connectivity index is 0. The fourth-order valence-electron chi connectivity index (χ4n) is 1.23.